The Morgan fingerprint density at radius 3 is 1.69 bits per heavy atom. The molecular formula is C48H53N9O4. The number of aromatic amines is 2. The molecule has 3 aromatic carbocycles. The summed E-state index contributed by atoms with van der Waals surface area (Å²) < 4.78 is 0. The summed E-state index contributed by atoms with van der Waals surface area (Å²) in [5.41, 5.74) is 7.54. The lowest BCUT2D eigenvalue weighted by molar-refractivity contribution is -0.138. The van der Waals surface area contributed by atoms with Crippen molar-refractivity contribution in [3.8, 4) is 33.6 Å². The Hall–Kier alpha value is -6.60. The van der Waals surface area contributed by atoms with E-state index in [1.165, 1.54) is 7.05 Å². The fourth-order valence-electron chi connectivity index (χ4n) is 8.94. The van der Waals surface area contributed by atoms with Crippen molar-refractivity contribution in [2.45, 2.75) is 70.1 Å². The number of carbonyl (C=O) groups excluding carboxylic acids is 2. The average molecular weight is 820 g/mol. The number of likely N-dealkylation sites (tertiary alicyclic amines) is 2. The molecular weight excluding hydrogens is 767 g/mol. The van der Waals surface area contributed by atoms with E-state index in [4.69, 9.17) is 9.97 Å². The van der Waals surface area contributed by atoms with Gasteiger partial charge in [-0.25, -0.2) is 14.8 Å². The first-order valence-corrected chi connectivity index (χ1v) is 21.3. The van der Waals surface area contributed by atoms with Gasteiger partial charge in [0.25, 0.3) is 0 Å². The lowest BCUT2D eigenvalue weighted by Crippen LogP contribution is -2.50. The minimum atomic E-state index is -1.17. The molecule has 0 radical (unpaired) electrons. The van der Waals surface area contributed by atoms with Gasteiger partial charge in [-0.15, -0.1) is 0 Å². The van der Waals surface area contributed by atoms with Crippen molar-refractivity contribution in [3.63, 3.8) is 0 Å². The standard InChI is InChI=1S/C48H53N9O4/c1-4-55(5-2)43(36-13-7-6-8-14-36)47(59)57-28-12-17-41(57)45-51-31-39(53-45)35-24-20-33(21-25-35)32-18-22-34(23-19-32)38-30-50-44(52-38)40-16-11-27-56(40)46(58)42(54(3)48(60)61)29-37-15-9-10-26-49-37/h6-10,13-15,18-26,30-31,40-43H,4-5,11-12,16-17,27-29H2,1-3H3,(H,50,52)(H,51,53)(H,60,61)/t40-,41-,42-,43+/m0/s1. The number of carboxylic acid groups (broad SMARTS) is 1. The molecule has 5 heterocycles. The molecule has 13 nitrogen and oxygen atoms in total. The Bertz CT molecular complexity index is 2410. The summed E-state index contributed by atoms with van der Waals surface area (Å²) in [5, 5.41) is 9.81. The quantitative estimate of drug-likeness (QED) is 0.0995. The van der Waals surface area contributed by atoms with Crippen LogP contribution in [0.3, 0.4) is 0 Å². The van der Waals surface area contributed by atoms with Gasteiger partial charge in [0.1, 0.15) is 23.7 Å². The highest BCUT2D eigenvalue weighted by molar-refractivity contribution is 5.86. The van der Waals surface area contributed by atoms with Crippen LogP contribution in [-0.4, -0.2) is 107 Å². The van der Waals surface area contributed by atoms with Gasteiger partial charge in [0, 0.05) is 38.4 Å². The number of hydrogen-bond donors (Lipinski definition) is 3. The highest BCUT2D eigenvalue weighted by atomic mass is 16.4. The molecule has 13 heteroatoms. The SMILES string of the molecule is CCN(CC)[C@@H](C(=O)N1CCC[C@H]1c1ncc(-c2ccc(-c3ccc(-c4cnc([C@@H]5CCCN5C(=O)[C@H](Cc5ccccn5)N(C)C(=O)O)[nH]4)cc3)cc2)[nH]1)c1ccccc1. The largest absolute Gasteiger partial charge is 0.465 e. The minimum absolute atomic E-state index is 0.104. The van der Waals surface area contributed by atoms with Gasteiger partial charge in [0.05, 0.1) is 35.9 Å². The number of carbonyl (C=O) groups is 3. The van der Waals surface area contributed by atoms with Gasteiger partial charge in [-0.05, 0) is 78.7 Å². The second kappa shape index (κ2) is 18.3. The summed E-state index contributed by atoms with van der Waals surface area (Å²) in [4.78, 5) is 68.1. The smallest absolute Gasteiger partial charge is 0.407 e. The molecule has 6 aromatic rings. The zero-order chi connectivity index (χ0) is 42.5. The van der Waals surface area contributed by atoms with E-state index in [0.717, 1.165) is 88.7 Å². The molecule has 3 amide bonds. The van der Waals surface area contributed by atoms with Gasteiger partial charge in [-0.2, -0.15) is 0 Å². The van der Waals surface area contributed by atoms with E-state index in [0.29, 0.717) is 24.6 Å². The summed E-state index contributed by atoms with van der Waals surface area (Å²) in [6.07, 6.45) is 7.65. The van der Waals surface area contributed by atoms with Crippen LogP contribution in [0, 0.1) is 0 Å². The van der Waals surface area contributed by atoms with Crippen LogP contribution >= 0.6 is 0 Å². The van der Waals surface area contributed by atoms with E-state index in [9.17, 15) is 19.5 Å². The summed E-state index contributed by atoms with van der Waals surface area (Å²) in [6, 6.07) is 30.6. The van der Waals surface area contributed by atoms with Crippen LogP contribution in [0.4, 0.5) is 4.79 Å². The monoisotopic (exact) mass is 819 g/mol. The van der Waals surface area contributed by atoms with E-state index >= 15 is 0 Å². The fraction of sp³-hybridized carbons (Fsp3) is 0.333. The lowest BCUT2D eigenvalue weighted by atomic mass is 10.0. The normalized spacial score (nSPS) is 17.4. The number of imidazole rings is 2. The molecule has 0 saturated carbocycles. The highest BCUT2D eigenvalue weighted by Gasteiger charge is 2.40. The molecule has 314 valence electrons. The van der Waals surface area contributed by atoms with Crippen molar-refractivity contribution in [3.05, 3.63) is 139 Å². The number of H-pyrrole nitrogens is 2. The molecule has 0 unspecified atom stereocenters. The van der Waals surface area contributed by atoms with Crippen molar-refractivity contribution in [2.24, 2.45) is 0 Å². The van der Waals surface area contributed by atoms with E-state index in [-0.39, 0.29) is 36.4 Å². The number of rotatable bonds is 14. The number of benzene rings is 3. The molecule has 2 saturated heterocycles. The molecule has 2 aliphatic heterocycles. The number of hydrogen-bond acceptors (Lipinski definition) is 7. The first-order valence-electron chi connectivity index (χ1n) is 21.3. The Labute approximate surface area is 356 Å². The third-order valence-corrected chi connectivity index (χ3v) is 12.3. The van der Waals surface area contributed by atoms with Crippen LogP contribution in [0.5, 0.6) is 0 Å². The molecule has 0 aliphatic carbocycles. The van der Waals surface area contributed by atoms with E-state index in [2.05, 4.69) is 94.4 Å². The Morgan fingerprint density at radius 1 is 0.689 bits per heavy atom. The summed E-state index contributed by atoms with van der Waals surface area (Å²) >= 11 is 0. The van der Waals surface area contributed by atoms with Crippen molar-refractivity contribution in [1.82, 2.24) is 44.5 Å². The number of likely N-dealkylation sites (N-methyl/N-ethyl adjacent to an activating group) is 2. The first-order chi connectivity index (χ1) is 29.7. The van der Waals surface area contributed by atoms with Crippen LogP contribution in [0.25, 0.3) is 33.6 Å². The third-order valence-electron chi connectivity index (χ3n) is 12.3. The molecule has 2 aliphatic rings. The summed E-state index contributed by atoms with van der Waals surface area (Å²) in [7, 11) is 1.43. The third kappa shape index (κ3) is 8.69. The molecule has 61 heavy (non-hydrogen) atoms. The predicted octanol–water partition coefficient (Wildman–Crippen LogP) is 8.16. The topological polar surface area (TPSA) is 155 Å². The highest BCUT2D eigenvalue weighted by Crippen LogP contribution is 2.37. The minimum Gasteiger partial charge on any atom is -0.465 e. The van der Waals surface area contributed by atoms with E-state index < -0.39 is 12.1 Å². The Morgan fingerprint density at radius 2 is 1.20 bits per heavy atom. The second-order valence-corrected chi connectivity index (χ2v) is 15.9. The molecule has 0 bridgehead atoms. The maximum atomic E-state index is 14.2. The second-order valence-electron chi connectivity index (χ2n) is 15.9. The van der Waals surface area contributed by atoms with Gasteiger partial charge < -0.3 is 24.9 Å². The van der Waals surface area contributed by atoms with Crippen LogP contribution in [0.15, 0.2) is 116 Å². The maximum Gasteiger partial charge on any atom is 0.407 e. The van der Waals surface area contributed by atoms with Crippen molar-refractivity contribution >= 4 is 17.9 Å². The van der Waals surface area contributed by atoms with Crippen molar-refractivity contribution < 1.29 is 19.5 Å². The van der Waals surface area contributed by atoms with Crippen molar-refractivity contribution in [1.29, 1.82) is 0 Å². The predicted molar refractivity (Wildman–Crippen MR) is 234 cm³/mol. The molecule has 3 aromatic heterocycles. The van der Waals surface area contributed by atoms with Crippen LogP contribution in [-0.2, 0) is 16.0 Å². The zero-order valence-corrected chi connectivity index (χ0v) is 34.9. The van der Waals surface area contributed by atoms with Crippen LogP contribution < -0.4 is 0 Å². The first kappa shape index (κ1) is 41.1. The van der Waals surface area contributed by atoms with Gasteiger partial charge in [0.15, 0.2) is 0 Å². The zero-order valence-electron chi connectivity index (χ0n) is 34.9. The van der Waals surface area contributed by atoms with Gasteiger partial charge >= 0.3 is 6.09 Å². The number of nitrogens with one attached hydrogen (secondary N) is 2. The Balaban J connectivity index is 0.929. The average Bonchev–Trinajstić information content (AvgIpc) is 4.15. The van der Waals surface area contributed by atoms with Gasteiger partial charge in [-0.1, -0.05) is 98.8 Å². The number of nitrogens with zero attached hydrogens (tertiary/aromatic N) is 7. The van der Waals surface area contributed by atoms with Crippen molar-refractivity contribution in [2.75, 3.05) is 33.2 Å². The van der Waals surface area contributed by atoms with E-state index in [1.807, 2.05) is 35.4 Å². The number of aromatic nitrogens is 5. The molecule has 4 atom stereocenters. The Kier molecular flexibility index (Phi) is 12.4. The lowest BCUT2D eigenvalue weighted by Gasteiger charge is -2.34. The summed E-state index contributed by atoms with van der Waals surface area (Å²) in [6.45, 7) is 7.02. The van der Waals surface area contributed by atoms with Crippen LogP contribution in [0.2, 0.25) is 0 Å². The number of amides is 3. The van der Waals surface area contributed by atoms with Gasteiger partial charge in [-0.3, -0.25) is 24.4 Å². The van der Waals surface area contributed by atoms with E-state index in [1.54, 1.807) is 29.4 Å². The van der Waals surface area contributed by atoms with Crippen LogP contribution in [0.1, 0.15) is 80.6 Å². The van der Waals surface area contributed by atoms with Gasteiger partial charge in [0.2, 0.25) is 11.8 Å². The molecule has 3 N–H and O–H groups in total. The molecule has 8 rings (SSSR count). The molecule has 0 spiro atoms. The molecule has 2 fully saturated rings. The fourth-order valence-corrected chi connectivity index (χ4v) is 8.94. The maximum absolute atomic E-state index is 14.2. The summed E-state index contributed by atoms with van der Waals surface area (Å²) in [5.74, 6) is 1.37. The number of pyridine rings is 1.